The van der Waals surface area contributed by atoms with Crippen molar-refractivity contribution in [2.75, 3.05) is 5.88 Å². The Bertz CT molecular complexity index is 236. The summed E-state index contributed by atoms with van der Waals surface area (Å²) < 4.78 is -4.52. The van der Waals surface area contributed by atoms with Gasteiger partial charge in [-0.1, -0.05) is 46.4 Å². The van der Waals surface area contributed by atoms with E-state index in [0.29, 0.717) is 0 Å². The van der Waals surface area contributed by atoms with Gasteiger partial charge in [-0.15, -0.1) is 11.6 Å². The minimum absolute atomic E-state index is 0.484. The van der Waals surface area contributed by atoms with E-state index in [1.165, 1.54) is 0 Å². The number of carboxylic acids is 1. The SMILES string of the molecule is O=C(O)C(=O)C(Cl)(Cl)C(Cl)(Cl)CCl. The normalized spacial score (nSPS) is 12.7. The summed E-state index contributed by atoms with van der Waals surface area (Å²) in [5, 5.41) is 8.30. The minimum atomic E-state index is -2.47. The summed E-state index contributed by atoms with van der Waals surface area (Å²) in [7, 11) is 0. The summed E-state index contributed by atoms with van der Waals surface area (Å²) in [5.74, 6) is -3.84. The van der Waals surface area contributed by atoms with Crippen molar-refractivity contribution >= 4 is 69.8 Å². The van der Waals surface area contributed by atoms with Crippen LogP contribution in [0.3, 0.4) is 0 Å². The summed E-state index contributed by atoms with van der Waals surface area (Å²) in [6.07, 6.45) is 0. The first-order chi connectivity index (χ1) is 5.66. The van der Waals surface area contributed by atoms with Crippen LogP contribution in [0.15, 0.2) is 0 Å². The van der Waals surface area contributed by atoms with Gasteiger partial charge in [0.05, 0.1) is 5.88 Å². The molecule has 0 radical (unpaired) electrons. The molecule has 0 aromatic heterocycles. The predicted octanol–water partition coefficient (Wildman–Crippen LogP) is 2.23. The zero-order valence-corrected chi connectivity index (χ0v) is 9.64. The number of alkyl halides is 5. The highest BCUT2D eigenvalue weighted by Gasteiger charge is 2.55. The zero-order chi connectivity index (χ0) is 10.9. The molecule has 0 amide bonds. The Labute approximate surface area is 98.8 Å². The zero-order valence-electron chi connectivity index (χ0n) is 5.86. The molecule has 0 atom stereocenters. The number of hydrogen-bond acceptors (Lipinski definition) is 2. The van der Waals surface area contributed by atoms with Gasteiger partial charge in [-0.25, -0.2) is 4.79 Å². The first-order valence-corrected chi connectivity index (χ1v) is 4.80. The molecule has 0 rings (SSSR count). The molecule has 13 heavy (non-hydrogen) atoms. The molecule has 0 aromatic carbocycles. The van der Waals surface area contributed by atoms with E-state index in [9.17, 15) is 9.59 Å². The molecule has 0 saturated carbocycles. The number of halogens is 5. The molecule has 0 fully saturated rings. The van der Waals surface area contributed by atoms with Crippen molar-refractivity contribution in [3.8, 4) is 0 Å². The lowest BCUT2D eigenvalue weighted by Crippen LogP contribution is -2.47. The summed E-state index contributed by atoms with van der Waals surface area (Å²) in [4.78, 5) is 21.1. The van der Waals surface area contributed by atoms with Crippen LogP contribution in [0.25, 0.3) is 0 Å². The molecule has 0 aromatic rings. The van der Waals surface area contributed by atoms with Crippen molar-refractivity contribution in [1.82, 2.24) is 0 Å². The molecule has 0 aliphatic carbocycles. The Morgan fingerprint density at radius 3 is 1.77 bits per heavy atom. The molecule has 0 bridgehead atoms. The van der Waals surface area contributed by atoms with Crippen LogP contribution in [-0.4, -0.2) is 31.4 Å². The Morgan fingerprint density at radius 2 is 1.54 bits per heavy atom. The van der Waals surface area contributed by atoms with E-state index in [1.54, 1.807) is 0 Å². The van der Waals surface area contributed by atoms with Gasteiger partial charge >= 0.3 is 5.97 Å². The van der Waals surface area contributed by atoms with Gasteiger partial charge in [0, 0.05) is 0 Å². The van der Waals surface area contributed by atoms with Crippen molar-refractivity contribution in [2.45, 2.75) is 8.67 Å². The Morgan fingerprint density at radius 1 is 1.15 bits per heavy atom. The molecule has 3 nitrogen and oxygen atoms in total. The van der Waals surface area contributed by atoms with Crippen LogP contribution in [0.2, 0.25) is 0 Å². The van der Waals surface area contributed by atoms with E-state index in [-0.39, 0.29) is 0 Å². The molecule has 0 aliphatic heterocycles. The first-order valence-electron chi connectivity index (χ1n) is 2.76. The monoisotopic (exact) mass is 286 g/mol. The van der Waals surface area contributed by atoms with Crippen LogP contribution in [0, 0.1) is 0 Å². The quantitative estimate of drug-likeness (QED) is 0.637. The molecule has 0 saturated heterocycles. The fraction of sp³-hybridized carbons (Fsp3) is 0.600. The third-order valence-corrected chi connectivity index (χ3v) is 3.99. The van der Waals surface area contributed by atoms with Gasteiger partial charge < -0.3 is 5.11 Å². The number of hydrogen-bond donors (Lipinski definition) is 1. The lowest BCUT2D eigenvalue weighted by molar-refractivity contribution is -0.149. The second-order valence-electron chi connectivity index (χ2n) is 2.05. The number of carboxylic acid groups (broad SMARTS) is 1. The molecule has 1 N–H and O–H groups in total. The van der Waals surface area contributed by atoms with Crippen LogP contribution in [0.1, 0.15) is 0 Å². The predicted molar refractivity (Wildman–Crippen MR) is 52.2 cm³/mol. The molecule has 8 heteroatoms. The van der Waals surface area contributed by atoms with Crippen LogP contribution in [0.5, 0.6) is 0 Å². The average Bonchev–Trinajstić information content (AvgIpc) is 2.02. The smallest absolute Gasteiger partial charge is 0.375 e. The second-order valence-corrected chi connectivity index (χ2v) is 5.13. The highest BCUT2D eigenvalue weighted by Crippen LogP contribution is 2.44. The number of carbonyl (C=O) groups excluding carboxylic acids is 1. The molecule has 0 unspecified atom stereocenters. The van der Waals surface area contributed by atoms with E-state index in [4.69, 9.17) is 63.1 Å². The maximum atomic E-state index is 10.9. The van der Waals surface area contributed by atoms with Crippen LogP contribution < -0.4 is 0 Å². The topological polar surface area (TPSA) is 54.4 Å². The van der Waals surface area contributed by atoms with Gasteiger partial charge in [0.2, 0.25) is 4.33 Å². The maximum absolute atomic E-state index is 10.9. The summed E-state index contributed by atoms with van der Waals surface area (Å²) in [6.45, 7) is 0. The van der Waals surface area contributed by atoms with Gasteiger partial charge in [0.1, 0.15) is 0 Å². The van der Waals surface area contributed by atoms with Crippen molar-refractivity contribution in [3.63, 3.8) is 0 Å². The molecule has 0 aliphatic rings. The van der Waals surface area contributed by atoms with Gasteiger partial charge in [0.15, 0.2) is 4.33 Å². The number of aliphatic carboxylic acids is 1. The largest absolute Gasteiger partial charge is 0.475 e. The number of ketones is 1. The van der Waals surface area contributed by atoms with E-state index >= 15 is 0 Å². The third kappa shape index (κ3) is 2.77. The van der Waals surface area contributed by atoms with Crippen LogP contribution in [-0.2, 0) is 9.59 Å². The van der Waals surface area contributed by atoms with E-state index in [2.05, 4.69) is 0 Å². The highest BCUT2D eigenvalue weighted by molar-refractivity contribution is 6.74. The van der Waals surface area contributed by atoms with Gasteiger partial charge in [0.25, 0.3) is 5.78 Å². The minimum Gasteiger partial charge on any atom is -0.475 e. The van der Waals surface area contributed by atoms with E-state index < -0.39 is 26.3 Å². The lowest BCUT2D eigenvalue weighted by atomic mass is 10.2. The molecule has 76 valence electrons. The average molecular weight is 288 g/mol. The Hall–Kier alpha value is 0.590. The number of rotatable bonds is 4. The highest BCUT2D eigenvalue weighted by atomic mass is 35.5. The lowest BCUT2D eigenvalue weighted by Gasteiger charge is -2.27. The van der Waals surface area contributed by atoms with Crippen molar-refractivity contribution < 1.29 is 14.7 Å². The molecular weight excluding hydrogens is 285 g/mol. The van der Waals surface area contributed by atoms with E-state index in [1.807, 2.05) is 0 Å². The van der Waals surface area contributed by atoms with Crippen LogP contribution in [0.4, 0.5) is 0 Å². The van der Waals surface area contributed by atoms with Gasteiger partial charge in [-0.2, -0.15) is 0 Å². The summed E-state index contributed by atoms with van der Waals surface area (Å²) in [5.41, 5.74) is 0. The first kappa shape index (κ1) is 13.6. The second kappa shape index (κ2) is 4.41. The van der Waals surface area contributed by atoms with Gasteiger partial charge in [-0.3, -0.25) is 4.79 Å². The maximum Gasteiger partial charge on any atom is 0.375 e. The fourth-order valence-corrected chi connectivity index (χ4v) is 1.19. The van der Waals surface area contributed by atoms with Crippen LogP contribution >= 0.6 is 58.0 Å². The van der Waals surface area contributed by atoms with E-state index in [0.717, 1.165) is 0 Å². The van der Waals surface area contributed by atoms with Crippen molar-refractivity contribution in [1.29, 1.82) is 0 Å². The Balaban J connectivity index is 4.96. The summed E-state index contributed by atoms with van der Waals surface area (Å²) in [6, 6.07) is 0. The van der Waals surface area contributed by atoms with Crippen molar-refractivity contribution in [2.24, 2.45) is 0 Å². The van der Waals surface area contributed by atoms with Gasteiger partial charge in [-0.05, 0) is 0 Å². The molecule has 0 heterocycles. The number of carbonyl (C=O) groups is 2. The number of Topliss-reactive ketones (excluding diaryl/α,β-unsaturated/α-hetero) is 1. The Kier molecular flexibility index (Phi) is 4.61. The fourth-order valence-electron chi connectivity index (χ4n) is 0.384. The molecule has 0 spiro atoms. The standard InChI is InChI=1S/C5H3Cl5O3/c6-1-4(7,8)5(9,10)2(11)3(12)13/h1H2,(H,12,13). The third-order valence-electron chi connectivity index (χ3n) is 1.11. The summed E-state index contributed by atoms with van der Waals surface area (Å²) >= 11 is 26.8. The molecular formula is C5H3Cl5O3. The van der Waals surface area contributed by atoms with Crippen molar-refractivity contribution in [3.05, 3.63) is 0 Å².